The average Bonchev–Trinajstić information content (AvgIpc) is 2.68. The van der Waals surface area contributed by atoms with E-state index in [9.17, 15) is 0 Å². The number of hydrogen-bond donors (Lipinski definition) is 2. The normalized spacial score (nSPS) is 16.9. The van der Waals surface area contributed by atoms with E-state index in [0.717, 1.165) is 18.2 Å². The van der Waals surface area contributed by atoms with Crippen molar-refractivity contribution in [1.82, 2.24) is 9.97 Å². The number of rotatable bonds is 6. The van der Waals surface area contributed by atoms with E-state index in [2.05, 4.69) is 20.6 Å². The molecule has 19 heavy (non-hydrogen) atoms. The fourth-order valence-electron chi connectivity index (χ4n) is 2.45. The molecule has 1 aromatic heterocycles. The van der Waals surface area contributed by atoms with Crippen LogP contribution in [0.2, 0.25) is 0 Å². The van der Waals surface area contributed by atoms with Gasteiger partial charge in [0.2, 0.25) is 0 Å². The second-order valence-electron chi connectivity index (χ2n) is 5.04. The topological polar surface area (TPSA) is 59.1 Å². The molecular formula is C14H24N4O. The Bertz CT molecular complexity index is 364. The highest BCUT2D eigenvalue weighted by Crippen LogP contribution is 2.20. The summed E-state index contributed by atoms with van der Waals surface area (Å²) in [6.45, 7) is 1.44. The first kappa shape index (κ1) is 14.1. The number of hydrogen-bond acceptors (Lipinski definition) is 5. The Balaban J connectivity index is 1.86. The number of anilines is 2. The van der Waals surface area contributed by atoms with Crippen LogP contribution in [0.3, 0.4) is 0 Å². The largest absolute Gasteiger partial charge is 0.383 e. The molecule has 1 aliphatic carbocycles. The molecule has 5 nitrogen and oxygen atoms in total. The van der Waals surface area contributed by atoms with Gasteiger partial charge < -0.3 is 15.4 Å². The van der Waals surface area contributed by atoms with Crippen molar-refractivity contribution in [2.45, 2.75) is 44.6 Å². The van der Waals surface area contributed by atoms with Crippen LogP contribution in [0.1, 0.15) is 38.5 Å². The molecule has 2 N–H and O–H groups in total. The van der Waals surface area contributed by atoms with Crippen molar-refractivity contribution in [3.8, 4) is 0 Å². The Labute approximate surface area is 115 Å². The predicted molar refractivity (Wildman–Crippen MR) is 77.5 cm³/mol. The second kappa shape index (κ2) is 7.94. The maximum absolute atomic E-state index is 5.01. The van der Waals surface area contributed by atoms with E-state index in [1.54, 1.807) is 13.4 Å². The van der Waals surface area contributed by atoms with E-state index in [1.807, 2.05) is 6.07 Å². The zero-order chi connectivity index (χ0) is 13.3. The Morgan fingerprint density at radius 1 is 1.16 bits per heavy atom. The van der Waals surface area contributed by atoms with Crippen LogP contribution in [0.15, 0.2) is 12.4 Å². The molecular weight excluding hydrogens is 240 g/mol. The number of nitrogens with one attached hydrogen (secondary N) is 2. The highest BCUT2D eigenvalue weighted by atomic mass is 16.5. The van der Waals surface area contributed by atoms with Gasteiger partial charge in [0, 0.05) is 25.8 Å². The van der Waals surface area contributed by atoms with Crippen LogP contribution < -0.4 is 10.6 Å². The van der Waals surface area contributed by atoms with Crippen molar-refractivity contribution in [2.75, 3.05) is 30.9 Å². The lowest BCUT2D eigenvalue weighted by atomic mass is 10.1. The van der Waals surface area contributed by atoms with Gasteiger partial charge in [-0.3, -0.25) is 0 Å². The fraction of sp³-hybridized carbons (Fsp3) is 0.714. The first-order chi connectivity index (χ1) is 9.38. The molecule has 0 radical (unpaired) electrons. The molecule has 1 heterocycles. The van der Waals surface area contributed by atoms with Gasteiger partial charge in [0.05, 0.1) is 6.61 Å². The van der Waals surface area contributed by atoms with Gasteiger partial charge in [0.15, 0.2) is 0 Å². The van der Waals surface area contributed by atoms with Crippen molar-refractivity contribution >= 4 is 11.6 Å². The lowest BCUT2D eigenvalue weighted by molar-refractivity contribution is 0.210. The van der Waals surface area contributed by atoms with Crippen LogP contribution in [-0.2, 0) is 4.74 Å². The lowest BCUT2D eigenvalue weighted by Crippen LogP contribution is -2.19. The van der Waals surface area contributed by atoms with E-state index in [-0.39, 0.29) is 0 Å². The third-order valence-electron chi connectivity index (χ3n) is 3.49. The molecule has 0 unspecified atom stereocenters. The number of ether oxygens (including phenoxy) is 1. The molecule has 2 rings (SSSR count). The molecule has 1 saturated carbocycles. The van der Waals surface area contributed by atoms with Gasteiger partial charge >= 0.3 is 0 Å². The maximum Gasteiger partial charge on any atom is 0.131 e. The van der Waals surface area contributed by atoms with Crippen LogP contribution in [0.25, 0.3) is 0 Å². The minimum Gasteiger partial charge on any atom is -0.383 e. The van der Waals surface area contributed by atoms with E-state index >= 15 is 0 Å². The number of methoxy groups -OCH3 is 1. The third kappa shape index (κ3) is 5.03. The molecule has 106 valence electrons. The molecule has 0 aromatic carbocycles. The first-order valence-electron chi connectivity index (χ1n) is 7.20. The molecule has 5 heteroatoms. The minimum atomic E-state index is 0.559. The Hall–Kier alpha value is -1.36. The molecule has 1 fully saturated rings. The highest BCUT2D eigenvalue weighted by molar-refractivity contribution is 5.46. The van der Waals surface area contributed by atoms with E-state index in [0.29, 0.717) is 12.6 Å². The van der Waals surface area contributed by atoms with E-state index < -0.39 is 0 Å². The molecule has 0 bridgehead atoms. The molecule has 0 atom stereocenters. The van der Waals surface area contributed by atoms with Crippen molar-refractivity contribution in [3.05, 3.63) is 12.4 Å². The summed E-state index contributed by atoms with van der Waals surface area (Å²) in [5.41, 5.74) is 0. The Morgan fingerprint density at radius 3 is 2.63 bits per heavy atom. The van der Waals surface area contributed by atoms with Gasteiger partial charge in [0.1, 0.15) is 18.0 Å². The van der Waals surface area contributed by atoms with Crippen molar-refractivity contribution in [2.24, 2.45) is 0 Å². The molecule has 0 amide bonds. The lowest BCUT2D eigenvalue weighted by Gasteiger charge is -2.17. The van der Waals surface area contributed by atoms with Crippen molar-refractivity contribution in [3.63, 3.8) is 0 Å². The average molecular weight is 264 g/mol. The summed E-state index contributed by atoms with van der Waals surface area (Å²) in [5.74, 6) is 1.77. The molecule has 1 aliphatic rings. The summed E-state index contributed by atoms with van der Waals surface area (Å²) in [6.07, 6.45) is 9.47. The third-order valence-corrected chi connectivity index (χ3v) is 3.49. The van der Waals surface area contributed by atoms with Crippen molar-refractivity contribution in [1.29, 1.82) is 0 Å². The number of aromatic nitrogens is 2. The maximum atomic E-state index is 5.01. The summed E-state index contributed by atoms with van der Waals surface area (Å²) < 4.78 is 5.01. The molecule has 1 aromatic rings. The predicted octanol–water partition coefficient (Wildman–Crippen LogP) is 2.67. The number of nitrogens with zero attached hydrogens (tertiary/aromatic N) is 2. The van der Waals surface area contributed by atoms with Crippen LogP contribution in [0, 0.1) is 0 Å². The second-order valence-corrected chi connectivity index (χ2v) is 5.04. The van der Waals surface area contributed by atoms with Gasteiger partial charge in [0.25, 0.3) is 0 Å². The van der Waals surface area contributed by atoms with E-state index in [1.165, 1.54) is 38.5 Å². The highest BCUT2D eigenvalue weighted by Gasteiger charge is 2.12. The Kier molecular flexibility index (Phi) is 5.88. The van der Waals surface area contributed by atoms with Crippen molar-refractivity contribution < 1.29 is 4.74 Å². The van der Waals surface area contributed by atoms with Gasteiger partial charge in [-0.05, 0) is 12.8 Å². The summed E-state index contributed by atoms with van der Waals surface area (Å²) in [7, 11) is 1.70. The summed E-state index contributed by atoms with van der Waals surface area (Å²) in [6, 6.07) is 2.53. The molecule has 0 saturated heterocycles. The summed E-state index contributed by atoms with van der Waals surface area (Å²) >= 11 is 0. The minimum absolute atomic E-state index is 0.559. The SMILES string of the molecule is COCCNc1cc(NC2CCCCCC2)ncn1. The molecule has 0 spiro atoms. The van der Waals surface area contributed by atoms with Crippen LogP contribution >= 0.6 is 0 Å². The van der Waals surface area contributed by atoms with Crippen LogP contribution in [0.5, 0.6) is 0 Å². The van der Waals surface area contributed by atoms with Crippen LogP contribution in [0.4, 0.5) is 11.6 Å². The summed E-state index contributed by atoms with van der Waals surface area (Å²) in [4.78, 5) is 8.50. The standard InChI is InChI=1S/C14H24N4O/c1-19-9-8-15-13-10-14(17-11-16-13)18-12-6-4-2-3-5-7-12/h10-12H,2-9H2,1H3,(H2,15,16,17,18). The van der Waals surface area contributed by atoms with Gasteiger partial charge in [-0.15, -0.1) is 0 Å². The zero-order valence-corrected chi connectivity index (χ0v) is 11.7. The van der Waals surface area contributed by atoms with E-state index in [4.69, 9.17) is 4.74 Å². The van der Waals surface area contributed by atoms with Gasteiger partial charge in [-0.2, -0.15) is 0 Å². The van der Waals surface area contributed by atoms with Crippen LogP contribution in [-0.4, -0.2) is 36.3 Å². The van der Waals surface area contributed by atoms with Gasteiger partial charge in [-0.1, -0.05) is 25.7 Å². The quantitative estimate of drug-likeness (QED) is 0.611. The fourth-order valence-corrected chi connectivity index (χ4v) is 2.45. The first-order valence-corrected chi connectivity index (χ1v) is 7.20. The van der Waals surface area contributed by atoms with Gasteiger partial charge in [-0.25, -0.2) is 9.97 Å². The monoisotopic (exact) mass is 264 g/mol. The molecule has 0 aliphatic heterocycles. The zero-order valence-electron chi connectivity index (χ0n) is 11.7. The smallest absolute Gasteiger partial charge is 0.131 e. The summed E-state index contributed by atoms with van der Waals surface area (Å²) in [5, 5.41) is 6.75. The Morgan fingerprint density at radius 2 is 1.89 bits per heavy atom.